The van der Waals surface area contributed by atoms with Crippen LogP contribution in [-0.4, -0.2) is 33.6 Å². The molecule has 3 aromatic rings. The number of rotatable bonds is 5. The number of hydrogen-bond donors (Lipinski definition) is 2. The lowest BCUT2D eigenvalue weighted by molar-refractivity contribution is -0.120. The van der Waals surface area contributed by atoms with Gasteiger partial charge in [-0.25, -0.2) is 0 Å². The van der Waals surface area contributed by atoms with Gasteiger partial charge in [-0.15, -0.1) is 0 Å². The van der Waals surface area contributed by atoms with E-state index in [4.69, 9.17) is 0 Å². The molecule has 0 saturated carbocycles. The molecule has 0 radical (unpaired) electrons. The summed E-state index contributed by atoms with van der Waals surface area (Å²) in [5, 5.41) is 9.89. The third-order valence-corrected chi connectivity index (χ3v) is 4.86. The van der Waals surface area contributed by atoms with Gasteiger partial charge in [0, 0.05) is 24.0 Å². The van der Waals surface area contributed by atoms with E-state index in [0.717, 1.165) is 42.7 Å². The number of carbonyl (C=O) groups excluding carboxylic acids is 1. The van der Waals surface area contributed by atoms with Crippen molar-refractivity contribution in [3.8, 4) is 11.1 Å². The van der Waals surface area contributed by atoms with E-state index in [9.17, 15) is 4.79 Å². The third-order valence-electron chi connectivity index (χ3n) is 4.86. The van der Waals surface area contributed by atoms with Crippen LogP contribution in [0.2, 0.25) is 0 Å². The molecule has 132 valence electrons. The summed E-state index contributed by atoms with van der Waals surface area (Å²) in [7, 11) is 0. The van der Waals surface area contributed by atoms with E-state index in [2.05, 4.69) is 32.5 Å². The highest BCUT2D eigenvalue weighted by atomic mass is 16.2. The number of nitrogens with one attached hydrogen (secondary N) is 2. The molecule has 1 aliphatic heterocycles. The van der Waals surface area contributed by atoms with Gasteiger partial charge in [-0.3, -0.25) is 14.8 Å². The number of benzene rings is 2. The molecule has 0 bridgehead atoms. The minimum atomic E-state index is -0.0761. The van der Waals surface area contributed by atoms with Crippen LogP contribution >= 0.6 is 0 Å². The second kappa shape index (κ2) is 7.54. The Bertz CT molecular complexity index is 861. The molecule has 5 nitrogen and oxygen atoms in total. The number of carbonyl (C=O) groups is 1. The Morgan fingerprint density at radius 3 is 2.85 bits per heavy atom. The van der Waals surface area contributed by atoms with Crippen molar-refractivity contribution in [1.29, 1.82) is 0 Å². The van der Waals surface area contributed by atoms with Crippen molar-refractivity contribution in [1.82, 2.24) is 15.1 Å². The van der Waals surface area contributed by atoms with Gasteiger partial charge in [-0.05, 0) is 42.6 Å². The van der Waals surface area contributed by atoms with Gasteiger partial charge >= 0.3 is 0 Å². The van der Waals surface area contributed by atoms with E-state index in [1.807, 2.05) is 48.7 Å². The van der Waals surface area contributed by atoms with Gasteiger partial charge in [0.2, 0.25) is 5.91 Å². The summed E-state index contributed by atoms with van der Waals surface area (Å²) in [6, 6.07) is 18.1. The van der Waals surface area contributed by atoms with Crippen molar-refractivity contribution >= 4 is 11.6 Å². The van der Waals surface area contributed by atoms with Crippen molar-refractivity contribution < 1.29 is 4.79 Å². The van der Waals surface area contributed by atoms with Crippen molar-refractivity contribution in [2.24, 2.45) is 0 Å². The second-order valence-electron chi connectivity index (χ2n) is 6.67. The van der Waals surface area contributed by atoms with E-state index in [-0.39, 0.29) is 11.9 Å². The lowest BCUT2D eigenvalue weighted by Crippen LogP contribution is -2.39. The molecule has 0 spiro atoms. The van der Waals surface area contributed by atoms with Crippen LogP contribution in [-0.2, 0) is 11.3 Å². The fraction of sp³-hybridized carbons (Fsp3) is 0.238. The van der Waals surface area contributed by atoms with Gasteiger partial charge in [-0.1, -0.05) is 42.5 Å². The van der Waals surface area contributed by atoms with Crippen LogP contribution in [0.5, 0.6) is 0 Å². The zero-order valence-corrected chi connectivity index (χ0v) is 14.6. The molecule has 0 unspecified atom stereocenters. The van der Waals surface area contributed by atoms with Crippen LogP contribution in [0.4, 0.5) is 5.69 Å². The van der Waals surface area contributed by atoms with E-state index < -0.39 is 0 Å². The van der Waals surface area contributed by atoms with Gasteiger partial charge in [0.05, 0.1) is 12.2 Å². The molecular weight excluding hydrogens is 324 g/mol. The van der Waals surface area contributed by atoms with Crippen LogP contribution in [0.15, 0.2) is 67.0 Å². The number of nitrogens with zero attached hydrogens (tertiary/aromatic N) is 2. The fourth-order valence-corrected chi connectivity index (χ4v) is 3.54. The highest BCUT2D eigenvalue weighted by Crippen LogP contribution is 2.24. The lowest BCUT2D eigenvalue weighted by Gasteiger charge is -2.23. The Balaban J connectivity index is 1.45. The number of aromatic nitrogens is 2. The first-order valence-electron chi connectivity index (χ1n) is 8.98. The first-order chi connectivity index (χ1) is 12.8. The maximum absolute atomic E-state index is 12.8. The standard InChI is InChI=1S/C21H22N4O/c26-21(20-10-5-11-25(20)15-16-6-2-1-3-7-16)24-19-9-4-8-17(12-19)18-13-22-23-14-18/h1-4,6-9,12-14,20H,5,10-11,15H2,(H,22,23)(H,24,26)/t20-/m1/s1. The average Bonchev–Trinajstić information content (AvgIpc) is 3.35. The molecule has 1 aromatic heterocycles. The maximum atomic E-state index is 12.8. The van der Waals surface area contributed by atoms with Crippen LogP contribution in [0.25, 0.3) is 11.1 Å². The SMILES string of the molecule is O=C(Nc1cccc(-c2cn[nH]c2)c1)[C@H]1CCCN1Cc1ccccc1. The smallest absolute Gasteiger partial charge is 0.241 e. The number of likely N-dealkylation sites (tertiary alicyclic amines) is 1. The molecule has 2 heterocycles. The molecule has 1 saturated heterocycles. The summed E-state index contributed by atoms with van der Waals surface area (Å²) in [6.07, 6.45) is 5.58. The largest absolute Gasteiger partial charge is 0.325 e. The highest BCUT2D eigenvalue weighted by Gasteiger charge is 2.30. The van der Waals surface area contributed by atoms with Crippen LogP contribution in [0.1, 0.15) is 18.4 Å². The first kappa shape index (κ1) is 16.5. The maximum Gasteiger partial charge on any atom is 0.241 e. The molecule has 1 aliphatic rings. The Morgan fingerprint density at radius 2 is 2.04 bits per heavy atom. The van der Waals surface area contributed by atoms with Gasteiger partial charge < -0.3 is 5.32 Å². The number of H-pyrrole nitrogens is 1. The third kappa shape index (κ3) is 3.68. The van der Waals surface area contributed by atoms with E-state index in [1.54, 1.807) is 6.20 Å². The van der Waals surface area contributed by atoms with Gasteiger partial charge in [0.25, 0.3) is 0 Å². The van der Waals surface area contributed by atoms with Crippen molar-refractivity contribution in [3.05, 3.63) is 72.6 Å². The number of anilines is 1. The zero-order valence-electron chi connectivity index (χ0n) is 14.6. The number of aromatic amines is 1. The van der Waals surface area contributed by atoms with Gasteiger partial charge in [0.1, 0.15) is 0 Å². The van der Waals surface area contributed by atoms with Crippen molar-refractivity contribution in [2.75, 3.05) is 11.9 Å². The first-order valence-corrected chi connectivity index (χ1v) is 8.98. The topological polar surface area (TPSA) is 61.0 Å². The molecule has 0 aliphatic carbocycles. The molecule has 2 N–H and O–H groups in total. The number of hydrogen-bond acceptors (Lipinski definition) is 3. The van der Waals surface area contributed by atoms with Crippen LogP contribution in [0.3, 0.4) is 0 Å². The quantitative estimate of drug-likeness (QED) is 0.741. The summed E-state index contributed by atoms with van der Waals surface area (Å²) in [6.45, 7) is 1.77. The predicted octanol–water partition coefficient (Wildman–Crippen LogP) is 3.68. The minimum absolute atomic E-state index is 0.0720. The zero-order chi connectivity index (χ0) is 17.8. The van der Waals surface area contributed by atoms with E-state index >= 15 is 0 Å². The monoisotopic (exact) mass is 346 g/mol. The molecule has 4 rings (SSSR count). The van der Waals surface area contributed by atoms with Crippen molar-refractivity contribution in [2.45, 2.75) is 25.4 Å². The lowest BCUT2D eigenvalue weighted by atomic mass is 10.1. The minimum Gasteiger partial charge on any atom is -0.325 e. The molecule has 26 heavy (non-hydrogen) atoms. The van der Waals surface area contributed by atoms with Gasteiger partial charge in [0.15, 0.2) is 0 Å². The second-order valence-corrected chi connectivity index (χ2v) is 6.67. The Morgan fingerprint density at radius 1 is 1.15 bits per heavy atom. The molecule has 1 atom stereocenters. The number of amides is 1. The molecule has 5 heteroatoms. The van der Waals surface area contributed by atoms with Crippen LogP contribution in [0, 0.1) is 0 Å². The van der Waals surface area contributed by atoms with Crippen LogP contribution < -0.4 is 5.32 Å². The summed E-state index contributed by atoms with van der Waals surface area (Å²) in [5.41, 5.74) is 4.10. The Hall–Kier alpha value is -2.92. The molecule has 2 aromatic carbocycles. The highest BCUT2D eigenvalue weighted by molar-refractivity contribution is 5.95. The molecule has 1 amide bonds. The Labute approximate surface area is 153 Å². The molecule has 1 fully saturated rings. The summed E-state index contributed by atoms with van der Waals surface area (Å²) in [4.78, 5) is 15.1. The normalized spacial score (nSPS) is 17.3. The molecular formula is C21H22N4O. The fourth-order valence-electron chi connectivity index (χ4n) is 3.54. The van der Waals surface area contributed by atoms with E-state index in [1.165, 1.54) is 5.56 Å². The van der Waals surface area contributed by atoms with E-state index in [0.29, 0.717) is 0 Å². The average molecular weight is 346 g/mol. The van der Waals surface area contributed by atoms with Gasteiger partial charge in [-0.2, -0.15) is 5.10 Å². The summed E-state index contributed by atoms with van der Waals surface area (Å²) < 4.78 is 0. The summed E-state index contributed by atoms with van der Waals surface area (Å²) in [5.74, 6) is 0.0720. The van der Waals surface area contributed by atoms with Crippen molar-refractivity contribution in [3.63, 3.8) is 0 Å². The summed E-state index contributed by atoms with van der Waals surface area (Å²) >= 11 is 0. The predicted molar refractivity (Wildman–Crippen MR) is 103 cm³/mol. The Kier molecular flexibility index (Phi) is 4.80.